The Kier molecular flexibility index (Phi) is 6.42. The number of rotatable bonds is 4. The second-order valence-electron chi connectivity index (χ2n) is 12.6. The summed E-state index contributed by atoms with van der Waals surface area (Å²) in [4.78, 5) is 24.3. The van der Waals surface area contributed by atoms with Crippen molar-refractivity contribution in [1.82, 2.24) is 24.9 Å². The van der Waals surface area contributed by atoms with E-state index in [2.05, 4.69) is 149 Å². The lowest BCUT2D eigenvalue weighted by molar-refractivity contribution is 1.36. The molecule has 5 heterocycles. The molecule has 10 aromatic rings. The first kappa shape index (κ1) is 28.2. The number of hydrogen-bond donors (Lipinski definition) is 0. The van der Waals surface area contributed by atoms with Gasteiger partial charge >= 0.3 is 0 Å². The molecule has 5 aromatic heterocycles. The Bertz CT molecular complexity index is 2930. The van der Waals surface area contributed by atoms with E-state index in [1.165, 1.54) is 0 Å². The maximum atomic E-state index is 5.03. The molecule has 0 fully saturated rings. The molecule has 10 rings (SSSR count). The van der Waals surface area contributed by atoms with E-state index in [-0.39, 0.29) is 0 Å². The zero-order valence-corrected chi connectivity index (χ0v) is 26.8. The SMILES string of the molecule is c1cnc2c(-c3ccc4cc(-c5ccc6nc(-c7ccc(-c8ccc9ccc%10cccnc%10c9n8)cc7)ccc6c5)ccc4n3)cccc2c1. The van der Waals surface area contributed by atoms with E-state index < -0.39 is 0 Å². The van der Waals surface area contributed by atoms with Gasteiger partial charge in [0.1, 0.15) is 0 Å². The number of para-hydroxylation sites is 1. The van der Waals surface area contributed by atoms with Crippen molar-refractivity contribution in [3.05, 3.63) is 164 Å². The minimum absolute atomic E-state index is 0.921. The molecule has 0 unspecified atom stereocenters. The predicted octanol–water partition coefficient (Wildman–Crippen LogP) is 11.1. The van der Waals surface area contributed by atoms with Crippen molar-refractivity contribution >= 4 is 54.5 Å². The first-order valence-corrected chi connectivity index (χ1v) is 16.7. The minimum Gasteiger partial charge on any atom is -0.256 e. The number of benzene rings is 5. The van der Waals surface area contributed by atoms with E-state index in [0.29, 0.717) is 0 Å². The van der Waals surface area contributed by atoms with E-state index in [1.54, 1.807) is 0 Å². The highest BCUT2D eigenvalue weighted by Crippen LogP contribution is 2.32. The van der Waals surface area contributed by atoms with E-state index in [9.17, 15) is 0 Å². The molecule has 0 radical (unpaired) electrons. The summed E-state index contributed by atoms with van der Waals surface area (Å²) in [7, 11) is 0. The highest BCUT2D eigenvalue weighted by molar-refractivity contribution is 6.03. The first-order chi connectivity index (χ1) is 24.7. The third kappa shape index (κ3) is 4.83. The second-order valence-corrected chi connectivity index (χ2v) is 12.6. The summed E-state index contributed by atoms with van der Waals surface area (Å²) in [5, 5.41) is 5.48. The molecule has 0 spiro atoms. The summed E-state index contributed by atoms with van der Waals surface area (Å²) in [6.07, 6.45) is 3.66. The molecule has 0 aliphatic heterocycles. The number of nitrogens with zero attached hydrogens (tertiary/aromatic N) is 5. The molecular formula is C45H27N5. The number of fused-ring (bicyclic) bond motifs is 6. The Morgan fingerprint density at radius 2 is 0.780 bits per heavy atom. The van der Waals surface area contributed by atoms with Crippen molar-refractivity contribution in [1.29, 1.82) is 0 Å². The van der Waals surface area contributed by atoms with Gasteiger partial charge in [0.2, 0.25) is 0 Å². The number of hydrogen-bond acceptors (Lipinski definition) is 5. The average molecular weight is 638 g/mol. The summed E-state index contributed by atoms with van der Waals surface area (Å²) in [5.74, 6) is 0. The van der Waals surface area contributed by atoms with Gasteiger partial charge in [-0.15, -0.1) is 0 Å². The van der Waals surface area contributed by atoms with Gasteiger partial charge in [-0.3, -0.25) is 9.97 Å². The van der Waals surface area contributed by atoms with E-state index in [4.69, 9.17) is 15.0 Å². The lowest BCUT2D eigenvalue weighted by atomic mass is 10.00. The van der Waals surface area contributed by atoms with Crippen LogP contribution in [0.3, 0.4) is 0 Å². The van der Waals surface area contributed by atoms with Gasteiger partial charge in [0.05, 0.1) is 44.7 Å². The van der Waals surface area contributed by atoms with Crippen LogP contribution >= 0.6 is 0 Å². The zero-order valence-electron chi connectivity index (χ0n) is 26.8. The Morgan fingerprint density at radius 3 is 1.46 bits per heavy atom. The fraction of sp³-hybridized carbons (Fsp3) is 0. The summed E-state index contributed by atoms with van der Waals surface area (Å²) in [6, 6.07) is 52.6. The Labute approximate surface area is 287 Å². The fourth-order valence-corrected chi connectivity index (χ4v) is 6.93. The van der Waals surface area contributed by atoms with Crippen LogP contribution in [-0.2, 0) is 0 Å². The van der Waals surface area contributed by atoms with E-state index in [1.807, 2.05) is 24.5 Å². The van der Waals surface area contributed by atoms with Gasteiger partial charge < -0.3 is 0 Å². The van der Waals surface area contributed by atoms with Crippen LogP contribution in [0, 0.1) is 0 Å². The topological polar surface area (TPSA) is 64.5 Å². The normalized spacial score (nSPS) is 11.6. The van der Waals surface area contributed by atoms with Crippen LogP contribution in [0.25, 0.3) is 99.4 Å². The van der Waals surface area contributed by atoms with Crippen molar-refractivity contribution in [3.63, 3.8) is 0 Å². The molecule has 5 nitrogen and oxygen atoms in total. The summed E-state index contributed by atoms with van der Waals surface area (Å²) in [5.41, 5.74) is 13.0. The smallest absolute Gasteiger partial charge is 0.0972 e. The molecule has 0 saturated carbocycles. The Hall–Kier alpha value is -6.85. The molecule has 0 bridgehead atoms. The van der Waals surface area contributed by atoms with Gasteiger partial charge in [0, 0.05) is 56.0 Å². The van der Waals surface area contributed by atoms with Crippen LogP contribution in [0.2, 0.25) is 0 Å². The van der Waals surface area contributed by atoms with Crippen LogP contribution in [0.15, 0.2) is 164 Å². The lowest BCUT2D eigenvalue weighted by Crippen LogP contribution is -1.90. The van der Waals surface area contributed by atoms with E-state index >= 15 is 0 Å². The first-order valence-electron chi connectivity index (χ1n) is 16.7. The molecule has 0 N–H and O–H groups in total. The maximum absolute atomic E-state index is 5.03. The molecule has 0 atom stereocenters. The number of aromatic nitrogens is 5. The van der Waals surface area contributed by atoms with Crippen LogP contribution in [-0.4, -0.2) is 24.9 Å². The Balaban J connectivity index is 0.926. The summed E-state index contributed by atoms with van der Waals surface area (Å²) >= 11 is 0. The lowest BCUT2D eigenvalue weighted by Gasteiger charge is -2.09. The highest BCUT2D eigenvalue weighted by Gasteiger charge is 2.11. The van der Waals surface area contributed by atoms with Gasteiger partial charge in [-0.2, -0.15) is 0 Å². The average Bonchev–Trinajstić information content (AvgIpc) is 3.19. The largest absolute Gasteiger partial charge is 0.256 e. The molecule has 50 heavy (non-hydrogen) atoms. The maximum Gasteiger partial charge on any atom is 0.0972 e. The monoisotopic (exact) mass is 637 g/mol. The van der Waals surface area contributed by atoms with Gasteiger partial charge in [-0.1, -0.05) is 97.1 Å². The molecule has 232 valence electrons. The Morgan fingerprint density at radius 1 is 0.300 bits per heavy atom. The molecule has 0 amide bonds. The summed E-state index contributed by atoms with van der Waals surface area (Å²) in [6.45, 7) is 0. The number of pyridine rings is 5. The quantitative estimate of drug-likeness (QED) is 0.180. The molecule has 0 aliphatic carbocycles. The van der Waals surface area contributed by atoms with E-state index in [0.717, 1.165) is 99.4 Å². The van der Waals surface area contributed by atoms with Crippen LogP contribution in [0.1, 0.15) is 0 Å². The molecular weight excluding hydrogens is 611 g/mol. The van der Waals surface area contributed by atoms with Gasteiger partial charge in [0.15, 0.2) is 0 Å². The molecule has 5 heteroatoms. The molecule has 0 saturated heterocycles. The van der Waals surface area contributed by atoms with Crippen LogP contribution < -0.4 is 0 Å². The van der Waals surface area contributed by atoms with Gasteiger partial charge in [0.25, 0.3) is 0 Å². The fourth-order valence-electron chi connectivity index (χ4n) is 6.93. The summed E-state index contributed by atoms with van der Waals surface area (Å²) < 4.78 is 0. The second kappa shape index (κ2) is 11.4. The van der Waals surface area contributed by atoms with Crippen LogP contribution in [0.5, 0.6) is 0 Å². The van der Waals surface area contributed by atoms with Gasteiger partial charge in [-0.05, 0) is 65.7 Å². The van der Waals surface area contributed by atoms with Crippen molar-refractivity contribution in [2.75, 3.05) is 0 Å². The standard InChI is InChI=1S/C45H27N5/c1-4-30-5-2-24-46-43(30)37(7-1)42-23-18-36-27-34(16-21-41(36)49-42)33-15-20-40-35(26-33)17-22-38(48-40)28-8-10-29(11-9-28)39-19-14-32-13-12-31-6-3-25-47-44(31)45(32)50-39/h1-27H. The van der Waals surface area contributed by atoms with Crippen LogP contribution in [0.4, 0.5) is 0 Å². The highest BCUT2D eigenvalue weighted by atomic mass is 14.8. The predicted molar refractivity (Wildman–Crippen MR) is 205 cm³/mol. The zero-order chi connectivity index (χ0) is 33.0. The molecule has 5 aromatic carbocycles. The van der Waals surface area contributed by atoms with Crippen molar-refractivity contribution in [3.8, 4) is 44.9 Å². The third-order valence-electron chi connectivity index (χ3n) is 9.53. The van der Waals surface area contributed by atoms with Crippen molar-refractivity contribution < 1.29 is 0 Å². The van der Waals surface area contributed by atoms with Crippen molar-refractivity contribution in [2.24, 2.45) is 0 Å². The third-order valence-corrected chi connectivity index (χ3v) is 9.53. The van der Waals surface area contributed by atoms with Crippen molar-refractivity contribution in [2.45, 2.75) is 0 Å². The van der Waals surface area contributed by atoms with Gasteiger partial charge in [-0.25, -0.2) is 15.0 Å². The minimum atomic E-state index is 0.921. The molecule has 0 aliphatic rings.